The van der Waals surface area contributed by atoms with Crippen LogP contribution in [0, 0.1) is 13.8 Å². The number of carbonyl (C=O) groups is 1. The molecule has 27 heavy (non-hydrogen) atoms. The Hall–Kier alpha value is -2.33. The van der Waals surface area contributed by atoms with Gasteiger partial charge in [-0.2, -0.15) is 0 Å². The van der Waals surface area contributed by atoms with Crippen molar-refractivity contribution < 1.29 is 13.9 Å². The van der Waals surface area contributed by atoms with E-state index in [1.54, 1.807) is 7.11 Å². The van der Waals surface area contributed by atoms with Crippen LogP contribution in [0.25, 0.3) is 0 Å². The van der Waals surface area contributed by atoms with Gasteiger partial charge in [0.15, 0.2) is 5.78 Å². The molecule has 0 N–H and O–H groups in total. The maximum atomic E-state index is 13.4. The van der Waals surface area contributed by atoms with Gasteiger partial charge >= 0.3 is 0 Å². The molecule has 2 aromatic carbocycles. The maximum absolute atomic E-state index is 13.4. The highest BCUT2D eigenvalue weighted by atomic mass is 79.9. The van der Waals surface area contributed by atoms with Gasteiger partial charge in [-0.1, -0.05) is 37.3 Å². The summed E-state index contributed by atoms with van der Waals surface area (Å²) >= 11 is 3.54. The summed E-state index contributed by atoms with van der Waals surface area (Å²) in [6.45, 7) is 5.90. The summed E-state index contributed by atoms with van der Waals surface area (Å²) in [6.07, 6.45) is 1.37. The molecule has 0 bridgehead atoms. The summed E-state index contributed by atoms with van der Waals surface area (Å²) in [4.78, 5) is 13.4. The molecule has 0 fully saturated rings. The topological polar surface area (TPSA) is 39.4 Å². The lowest BCUT2D eigenvalue weighted by Gasteiger charge is -2.12. The van der Waals surface area contributed by atoms with E-state index in [4.69, 9.17) is 9.15 Å². The van der Waals surface area contributed by atoms with Crippen molar-refractivity contribution >= 4 is 21.7 Å². The van der Waals surface area contributed by atoms with E-state index >= 15 is 0 Å². The Morgan fingerprint density at radius 1 is 1.15 bits per heavy atom. The van der Waals surface area contributed by atoms with E-state index < -0.39 is 0 Å². The minimum atomic E-state index is -0.0201. The Morgan fingerprint density at radius 3 is 2.48 bits per heavy atom. The van der Waals surface area contributed by atoms with E-state index in [2.05, 4.69) is 15.9 Å². The van der Waals surface area contributed by atoms with Crippen molar-refractivity contribution in [2.75, 3.05) is 7.11 Å². The Labute approximate surface area is 168 Å². The number of rotatable bonds is 6. The molecule has 0 amide bonds. The number of ketones is 1. The van der Waals surface area contributed by atoms with Crippen LogP contribution in [0.1, 0.15) is 51.1 Å². The van der Waals surface area contributed by atoms with Crippen molar-refractivity contribution in [1.29, 1.82) is 0 Å². The van der Waals surface area contributed by atoms with E-state index in [9.17, 15) is 4.79 Å². The number of ether oxygens (including phenoxy) is 1. The first kappa shape index (κ1) is 19.4. The summed E-state index contributed by atoms with van der Waals surface area (Å²) in [5, 5.41) is 0. The van der Waals surface area contributed by atoms with Gasteiger partial charge in [-0.15, -0.1) is 0 Å². The normalized spacial score (nSPS) is 10.9. The molecular weight excluding hydrogens is 404 g/mol. The van der Waals surface area contributed by atoms with Crippen LogP contribution in [-0.2, 0) is 12.8 Å². The molecule has 140 valence electrons. The van der Waals surface area contributed by atoms with Crippen molar-refractivity contribution in [2.45, 2.75) is 33.6 Å². The van der Waals surface area contributed by atoms with Crippen molar-refractivity contribution in [3.63, 3.8) is 0 Å². The van der Waals surface area contributed by atoms with Crippen molar-refractivity contribution in [1.82, 2.24) is 0 Å². The number of methoxy groups -OCH3 is 1. The third kappa shape index (κ3) is 3.86. The molecule has 1 aromatic heterocycles. The number of furan rings is 1. The van der Waals surface area contributed by atoms with Gasteiger partial charge in [0.2, 0.25) is 0 Å². The first-order chi connectivity index (χ1) is 13.0. The highest BCUT2D eigenvalue weighted by Gasteiger charge is 2.24. The van der Waals surface area contributed by atoms with E-state index in [0.29, 0.717) is 23.3 Å². The Balaban J connectivity index is 2.06. The van der Waals surface area contributed by atoms with Crippen molar-refractivity contribution in [3.8, 4) is 5.75 Å². The fraction of sp³-hybridized carbons (Fsp3) is 0.261. The van der Waals surface area contributed by atoms with Gasteiger partial charge in [0.05, 0.1) is 17.1 Å². The predicted octanol–water partition coefficient (Wildman–Crippen LogP) is 6.05. The molecule has 3 aromatic rings. The summed E-state index contributed by atoms with van der Waals surface area (Å²) in [7, 11) is 1.64. The van der Waals surface area contributed by atoms with Gasteiger partial charge in [-0.05, 0) is 59.5 Å². The van der Waals surface area contributed by atoms with Gasteiger partial charge in [0, 0.05) is 17.5 Å². The number of benzene rings is 2. The molecule has 0 aliphatic rings. The third-order valence-electron chi connectivity index (χ3n) is 4.86. The second-order valence-electron chi connectivity index (χ2n) is 6.58. The lowest BCUT2D eigenvalue weighted by Crippen LogP contribution is -2.07. The number of carbonyl (C=O) groups excluding carboxylic acids is 1. The zero-order valence-corrected chi connectivity index (χ0v) is 17.6. The van der Waals surface area contributed by atoms with Crippen molar-refractivity contribution in [2.24, 2.45) is 0 Å². The molecule has 1 heterocycles. The molecule has 3 rings (SSSR count). The fourth-order valence-electron chi connectivity index (χ4n) is 3.32. The van der Waals surface area contributed by atoms with Crippen LogP contribution in [-0.4, -0.2) is 12.9 Å². The molecule has 0 unspecified atom stereocenters. The summed E-state index contributed by atoms with van der Waals surface area (Å²) in [5.74, 6) is 2.26. The summed E-state index contributed by atoms with van der Waals surface area (Å²) < 4.78 is 12.2. The van der Waals surface area contributed by atoms with Crippen LogP contribution in [0.3, 0.4) is 0 Å². The monoisotopic (exact) mass is 426 g/mol. The van der Waals surface area contributed by atoms with Crippen LogP contribution < -0.4 is 4.74 Å². The van der Waals surface area contributed by atoms with Gasteiger partial charge < -0.3 is 9.15 Å². The molecule has 0 atom stereocenters. The number of hydrogen-bond donors (Lipinski definition) is 0. The third-order valence-corrected chi connectivity index (χ3v) is 5.45. The fourth-order valence-corrected chi connectivity index (χ4v) is 3.98. The Morgan fingerprint density at radius 2 is 1.85 bits per heavy atom. The second-order valence-corrected chi connectivity index (χ2v) is 7.43. The molecule has 0 saturated heterocycles. The van der Waals surface area contributed by atoms with Crippen LogP contribution in [0.4, 0.5) is 0 Å². The van der Waals surface area contributed by atoms with E-state index in [1.807, 2.05) is 63.2 Å². The minimum Gasteiger partial charge on any atom is -0.495 e. The lowest BCUT2D eigenvalue weighted by atomic mass is 9.95. The van der Waals surface area contributed by atoms with E-state index in [0.717, 1.165) is 39.1 Å². The van der Waals surface area contributed by atoms with Gasteiger partial charge in [-0.3, -0.25) is 4.79 Å². The molecule has 0 saturated carbocycles. The largest absolute Gasteiger partial charge is 0.495 e. The average molecular weight is 427 g/mol. The molecule has 3 nitrogen and oxygen atoms in total. The zero-order chi connectivity index (χ0) is 19.6. The quantitative estimate of drug-likeness (QED) is 0.450. The van der Waals surface area contributed by atoms with Crippen molar-refractivity contribution in [3.05, 3.63) is 86.3 Å². The predicted molar refractivity (Wildman–Crippen MR) is 111 cm³/mol. The highest BCUT2D eigenvalue weighted by molar-refractivity contribution is 9.10. The molecule has 0 radical (unpaired) electrons. The summed E-state index contributed by atoms with van der Waals surface area (Å²) in [6, 6.07) is 13.8. The van der Waals surface area contributed by atoms with Crippen LogP contribution in [0.2, 0.25) is 0 Å². The SMILES string of the molecule is CCc1cc(C(=O)c2c(Cc3ccccc3)oc(C)c2C)cc(Br)c1OC. The molecule has 0 aliphatic heterocycles. The number of hydrogen-bond acceptors (Lipinski definition) is 3. The van der Waals surface area contributed by atoms with Gasteiger partial charge in [0.25, 0.3) is 0 Å². The first-order valence-corrected chi connectivity index (χ1v) is 9.79. The van der Waals surface area contributed by atoms with Gasteiger partial charge in [-0.25, -0.2) is 0 Å². The Kier molecular flexibility index (Phi) is 5.85. The first-order valence-electron chi connectivity index (χ1n) is 9.00. The maximum Gasteiger partial charge on any atom is 0.196 e. The number of halogens is 1. The number of aryl methyl sites for hydroxylation is 2. The molecular formula is C23H23BrO3. The van der Waals surface area contributed by atoms with Crippen LogP contribution in [0.15, 0.2) is 51.4 Å². The molecule has 0 aliphatic carbocycles. The van der Waals surface area contributed by atoms with E-state index in [-0.39, 0.29) is 5.78 Å². The molecule has 4 heteroatoms. The molecule has 0 spiro atoms. The van der Waals surface area contributed by atoms with Gasteiger partial charge in [0.1, 0.15) is 17.3 Å². The smallest absolute Gasteiger partial charge is 0.196 e. The summed E-state index contributed by atoms with van der Waals surface area (Å²) in [5.41, 5.74) is 4.31. The Bertz CT molecular complexity index is 971. The van der Waals surface area contributed by atoms with E-state index in [1.165, 1.54) is 0 Å². The lowest BCUT2D eigenvalue weighted by molar-refractivity contribution is 0.103. The minimum absolute atomic E-state index is 0.0201. The average Bonchev–Trinajstić information content (AvgIpc) is 2.94. The van der Waals surface area contributed by atoms with Crippen LogP contribution in [0.5, 0.6) is 5.75 Å². The van der Waals surface area contributed by atoms with Crippen LogP contribution >= 0.6 is 15.9 Å². The highest BCUT2D eigenvalue weighted by Crippen LogP contribution is 2.33. The standard InChI is InChI=1S/C23H23BrO3/c1-5-17-12-18(13-19(24)23(17)26-4)22(25)21-14(2)15(3)27-20(21)11-16-9-7-6-8-10-16/h6-10,12-13H,5,11H2,1-4H3. The zero-order valence-electron chi connectivity index (χ0n) is 16.1. The second kappa shape index (κ2) is 8.13.